The summed E-state index contributed by atoms with van der Waals surface area (Å²) >= 11 is 0. The first kappa shape index (κ1) is 22.5. The SMILES string of the molecule is COC(=O)CC1c2cc(OC)c(OC)cc2CCN1C(=O)COc1cc(C)cc(C)c1. The van der Waals surface area contributed by atoms with E-state index < -0.39 is 6.04 Å². The molecule has 0 fully saturated rings. The van der Waals surface area contributed by atoms with Crippen molar-refractivity contribution in [2.45, 2.75) is 32.7 Å². The van der Waals surface area contributed by atoms with E-state index in [1.165, 1.54) is 7.11 Å². The minimum atomic E-state index is -0.466. The molecule has 1 heterocycles. The molecular weight excluding hydrogens is 398 g/mol. The fourth-order valence-corrected chi connectivity index (χ4v) is 4.03. The van der Waals surface area contributed by atoms with Gasteiger partial charge in [-0.1, -0.05) is 6.07 Å². The lowest BCUT2D eigenvalue weighted by Crippen LogP contribution is -2.43. The summed E-state index contributed by atoms with van der Waals surface area (Å²) in [4.78, 5) is 26.9. The van der Waals surface area contributed by atoms with E-state index >= 15 is 0 Å². The lowest BCUT2D eigenvalue weighted by atomic mass is 9.90. The summed E-state index contributed by atoms with van der Waals surface area (Å²) in [5.74, 6) is 1.25. The minimum absolute atomic E-state index is 0.0499. The fourth-order valence-electron chi connectivity index (χ4n) is 4.03. The summed E-state index contributed by atoms with van der Waals surface area (Å²) in [5.41, 5.74) is 4.01. The van der Waals surface area contributed by atoms with Gasteiger partial charge in [-0.15, -0.1) is 0 Å². The molecule has 0 N–H and O–H groups in total. The van der Waals surface area contributed by atoms with Crippen LogP contribution >= 0.6 is 0 Å². The molecule has 2 aromatic carbocycles. The zero-order chi connectivity index (χ0) is 22.5. The third kappa shape index (κ3) is 5.10. The van der Waals surface area contributed by atoms with E-state index in [1.807, 2.05) is 44.2 Å². The first-order chi connectivity index (χ1) is 14.9. The summed E-state index contributed by atoms with van der Waals surface area (Å²) in [6.07, 6.45) is 0.691. The van der Waals surface area contributed by atoms with Crippen LogP contribution in [-0.4, -0.2) is 51.3 Å². The van der Waals surface area contributed by atoms with Crippen LogP contribution in [0.25, 0.3) is 0 Å². The largest absolute Gasteiger partial charge is 0.493 e. The van der Waals surface area contributed by atoms with Crippen LogP contribution in [0.4, 0.5) is 0 Å². The highest BCUT2D eigenvalue weighted by atomic mass is 16.5. The number of esters is 1. The molecule has 1 unspecified atom stereocenters. The zero-order valence-corrected chi connectivity index (χ0v) is 18.7. The Hall–Kier alpha value is -3.22. The van der Waals surface area contributed by atoms with Gasteiger partial charge >= 0.3 is 5.97 Å². The highest BCUT2D eigenvalue weighted by Crippen LogP contribution is 2.39. The van der Waals surface area contributed by atoms with Gasteiger partial charge in [-0.3, -0.25) is 9.59 Å². The van der Waals surface area contributed by atoms with Crippen molar-refractivity contribution < 1.29 is 28.5 Å². The number of amides is 1. The van der Waals surface area contributed by atoms with Crippen LogP contribution in [0.1, 0.15) is 34.7 Å². The number of carbonyl (C=O) groups excluding carboxylic acids is 2. The number of methoxy groups -OCH3 is 3. The molecule has 0 aromatic heterocycles. The monoisotopic (exact) mass is 427 g/mol. The smallest absolute Gasteiger partial charge is 0.307 e. The maximum atomic E-state index is 13.1. The van der Waals surface area contributed by atoms with Crippen molar-refractivity contribution in [3.8, 4) is 17.2 Å². The fraction of sp³-hybridized carbons (Fsp3) is 0.417. The van der Waals surface area contributed by atoms with E-state index in [-0.39, 0.29) is 24.9 Å². The Morgan fingerprint density at radius 1 is 0.968 bits per heavy atom. The number of aryl methyl sites for hydroxylation is 2. The number of fused-ring (bicyclic) bond motifs is 1. The van der Waals surface area contributed by atoms with Crippen molar-refractivity contribution in [2.24, 2.45) is 0 Å². The second-order valence-electron chi connectivity index (χ2n) is 7.65. The lowest BCUT2D eigenvalue weighted by Gasteiger charge is -2.37. The Morgan fingerprint density at radius 3 is 2.23 bits per heavy atom. The highest BCUT2D eigenvalue weighted by molar-refractivity contribution is 5.80. The quantitative estimate of drug-likeness (QED) is 0.631. The van der Waals surface area contributed by atoms with Crippen molar-refractivity contribution in [2.75, 3.05) is 34.5 Å². The molecule has 7 nitrogen and oxygen atoms in total. The second-order valence-corrected chi connectivity index (χ2v) is 7.65. The van der Waals surface area contributed by atoms with E-state index in [2.05, 4.69) is 0 Å². The van der Waals surface area contributed by atoms with Crippen LogP contribution in [0.3, 0.4) is 0 Å². The minimum Gasteiger partial charge on any atom is -0.493 e. The van der Waals surface area contributed by atoms with E-state index in [0.29, 0.717) is 30.2 Å². The van der Waals surface area contributed by atoms with E-state index in [4.69, 9.17) is 18.9 Å². The van der Waals surface area contributed by atoms with Gasteiger partial charge in [0.05, 0.1) is 33.8 Å². The molecule has 0 radical (unpaired) electrons. The number of ether oxygens (including phenoxy) is 4. The van der Waals surface area contributed by atoms with Crippen LogP contribution in [0, 0.1) is 13.8 Å². The number of hydrogen-bond acceptors (Lipinski definition) is 6. The van der Waals surface area contributed by atoms with Crippen LogP contribution in [0.5, 0.6) is 17.2 Å². The van der Waals surface area contributed by atoms with Gasteiger partial charge in [0.1, 0.15) is 5.75 Å². The van der Waals surface area contributed by atoms with Crippen LogP contribution in [-0.2, 0) is 20.7 Å². The molecule has 3 rings (SSSR count). The van der Waals surface area contributed by atoms with Gasteiger partial charge in [0.2, 0.25) is 0 Å². The summed E-state index contributed by atoms with van der Waals surface area (Å²) < 4.78 is 21.5. The Kier molecular flexibility index (Phi) is 7.05. The first-order valence-corrected chi connectivity index (χ1v) is 10.2. The summed E-state index contributed by atoms with van der Waals surface area (Å²) in [6.45, 7) is 4.33. The van der Waals surface area contributed by atoms with Crippen molar-refractivity contribution in [1.82, 2.24) is 4.90 Å². The Bertz CT molecular complexity index is 951. The average molecular weight is 427 g/mol. The molecule has 31 heavy (non-hydrogen) atoms. The van der Waals surface area contributed by atoms with Crippen molar-refractivity contribution in [3.05, 3.63) is 52.6 Å². The first-order valence-electron chi connectivity index (χ1n) is 10.2. The van der Waals surface area contributed by atoms with Crippen molar-refractivity contribution >= 4 is 11.9 Å². The van der Waals surface area contributed by atoms with E-state index in [0.717, 1.165) is 22.3 Å². The molecule has 1 aliphatic rings. The zero-order valence-electron chi connectivity index (χ0n) is 18.7. The van der Waals surface area contributed by atoms with Crippen molar-refractivity contribution in [1.29, 1.82) is 0 Å². The third-order valence-corrected chi connectivity index (χ3v) is 5.47. The molecule has 0 aliphatic carbocycles. The summed E-state index contributed by atoms with van der Waals surface area (Å²) in [7, 11) is 4.48. The molecule has 1 amide bonds. The van der Waals surface area contributed by atoms with Gasteiger partial charge in [-0.25, -0.2) is 0 Å². The van der Waals surface area contributed by atoms with Gasteiger partial charge in [-0.05, 0) is 66.8 Å². The predicted octanol–water partition coefficient (Wildman–Crippen LogP) is 3.39. The van der Waals surface area contributed by atoms with Gasteiger partial charge < -0.3 is 23.8 Å². The molecule has 0 spiro atoms. The molecule has 0 saturated heterocycles. The summed E-state index contributed by atoms with van der Waals surface area (Å²) in [6, 6.07) is 9.12. The van der Waals surface area contributed by atoms with E-state index in [1.54, 1.807) is 19.1 Å². The lowest BCUT2D eigenvalue weighted by molar-refractivity contribution is -0.144. The van der Waals surface area contributed by atoms with Crippen LogP contribution < -0.4 is 14.2 Å². The predicted molar refractivity (Wildman–Crippen MR) is 116 cm³/mol. The number of carbonyl (C=O) groups is 2. The van der Waals surface area contributed by atoms with Gasteiger partial charge in [0.25, 0.3) is 5.91 Å². The van der Waals surface area contributed by atoms with Crippen molar-refractivity contribution in [3.63, 3.8) is 0 Å². The Labute approximate surface area is 182 Å². The van der Waals surface area contributed by atoms with Crippen LogP contribution in [0.15, 0.2) is 30.3 Å². The maximum absolute atomic E-state index is 13.1. The molecule has 166 valence electrons. The third-order valence-electron chi connectivity index (χ3n) is 5.47. The van der Waals surface area contributed by atoms with Gasteiger partial charge in [0, 0.05) is 6.54 Å². The van der Waals surface area contributed by atoms with Gasteiger partial charge in [-0.2, -0.15) is 0 Å². The Morgan fingerprint density at radius 2 is 1.61 bits per heavy atom. The number of nitrogens with zero attached hydrogens (tertiary/aromatic N) is 1. The average Bonchev–Trinajstić information content (AvgIpc) is 2.75. The molecule has 7 heteroatoms. The molecular formula is C24H29NO6. The maximum Gasteiger partial charge on any atom is 0.307 e. The summed E-state index contributed by atoms with van der Waals surface area (Å²) in [5, 5.41) is 0. The molecule has 0 bridgehead atoms. The van der Waals surface area contributed by atoms with Gasteiger partial charge in [0.15, 0.2) is 18.1 Å². The highest BCUT2D eigenvalue weighted by Gasteiger charge is 2.34. The second kappa shape index (κ2) is 9.73. The molecule has 1 aliphatic heterocycles. The number of benzene rings is 2. The normalized spacial score (nSPS) is 15.1. The van der Waals surface area contributed by atoms with Crippen LogP contribution in [0.2, 0.25) is 0 Å². The topological polar surface area (TPSA) is 74.3 Å². The molecule has 0 saturated carbocycles. The van der Waals surface area contributed by atoms with E-state index in [9.17, 15) is 9.59 Å². The number of hydrogen-bond donors (Lipinski definition) is 0. The Balaban J connectivity index is 1.86. The number of rotatable bonds is 7. The molecule has 2 aromatic rings. The molecule has 1 atom stereocenters. The standard InChI is InChI=1S/C24H29NO6/c1-15-8-16(2)10-18(9-15)31-14-23(26)25-7-6-17-11-21(28-3)22(29-4)12-19(17)20(25)13-24(27)30-5/h8-12,20H,6-7,13-14H2,1-5H3.